The van der Waals surface area contributed by atoms with Crippen LogP contribution in [0.2, 0.25) is 0 Å². The number of aromatic nitrogens is 2. The number of carbonyl (C=O) groups excluding carboxylic acids is 1. The van der Waals surface area contributed by atoms with Crippen LogP contribution in [0.3, 0.4) is 0 Å². The van der Waals surface area contributed by atoms with Crippen LogP contribution in [-0.2, 0) is 4.74 Å². The van der Waals surface area contributed by atoms with Gasteiger partial charge in [0.05, 0.1) is 25.1 Å². The van der Waals surface area contributed by atoms with Crippen molar-refractivity contribution in [2.24, 2.45) is 0 Å². The van der Waals surface area contributed by atoms with E-state index in [4.69, 9.17) is 14.2 Å². The van der Waals surface area contributed by atoms with Crippen LogP contribution in [0.1, 0.15) is 18.5 Å². The van der Waals surface area contributed by atoms with Crippen LogP contribution in [0.15, 0.2) is 41.3 Å². The van der Waals surface area contributed by atoms with E-state index in [1.165, 1.54) is 0 Å². The van der Waals surface area contributed by atoms with Crippen LogP contribution < -0.4 is 20.3 Å². The Kier molecular flexibility index (Phi) is 6.27. The van der Waals surface area contributed by atoms with E-state index in [-0.39, 0.29) is 11.6 Å². The molecule has 0 unspecified atom stereocenters. The quantitative estimate of drug-likeness (QED) is 0.610. The monoisotopic (exact) mass is 403 g/mol. The van der Waals surface area contributed by atoms with Crippen LogP contribution in [0, 0.1) is 0 Å². The lowest BCUT2D eigenvalue weighted by Crippen LogP contribution is -2.34. The highest BCUT2D eigenvalue weighted by Crippen LogP contribution is 2.30. The molecule has 2 heterocycles. The van der Waals surface area contributed by atoms with E-state index < -0.39 is 6.03 Å². The molecule has 1 amide bonds. The minimum Gasteiger partial charge on any atom is -0.493 e. The van der Waals surface area contributed by atoms with E-state index in [0.717, 1.165) is 21.1 Å². The van der Waals surface area contributed by atoms with Gasteiger partial charge in [-0.25, -0.2) is 9.78 Å². The molecule has 0 aliphatic carbocycles. The Bertz CT molecular complexity index is 1030. The summed E-state index contributed by atoms with van der Waals surface area (Å²) in [7, 11) is 3.15. The van der Waals surface area contributed by atoms with Gasteiger partial charge in [-0.1, -0.05) is 6.07 Å². The highest BCUT2D eigenvalue weighted by Gasteiger charge is 2.18. The smallest absolute Gasteiger partial charge is 0.338 e. The number of carbonyl (C=O) groups is 1. The standard InChI is InChI=1S/C19H21N3O5S/c1-12(13-6-7-15(16(11-13)26-3)27-10-9-25-2)21-19(24)22-18(23)14-5-4-8-20-17(14)28-22/h4-8,11-12H,9-10H2,1-3H3,(H,21,24)/t12-/m0/s1. The lowest BCUT2D eigenvalue weighted by Gasteiger charge is -2.17. The zero-order chi connectivity index (χ0) is 20.1. The summed E-state index contributed by atoms with van der Waals surface area (Å²) in [5.74, 6) is 1.14. The number of pyridine rings is 1. The van der Waals surface area contributed by atoms with Crippen molar-refractivity contribution in [3.8, 4) is 11.5 Å². The summed E-state index contributed by atoms with van der Waals surface area (Å²) < 4.78 is 17.0. The summed E-state index contributed by atoms with van der Waals surface area (Å²) in [6, 6.07) is 7.89. The van der Waals surface area contributed by atoms with Crippen LogP contribution in [0.25, 0.3) is 10.2 Å². The second-order valence-electron chi connectivity index (χ2n) is 5.97. The second-order valence-corrected chi connectivity index (χ2v) is 6.90. The van der Waals surface area contributed by atoms with Crippen LogP contribution in [0.5, 0.6) is 11.5 Å². The van der Waals surface area contributed by atoms with Crippen molar-refractivity contribution in [1.82, 2.24) is 14.3 Å². The number of fused-ring (bicyclic) bond motifs is 1. The highest BCUT2D eigenvalue weighted by atomic mass is 32.1. The Morgan fingerprint density at radius 2 is 2.07 bits per heavy atom. The van der Waals surface area contributed by atoms with Crippen molar-refractivity contribution in [2.45, 2.75) is 13.0 Å². The molecule has 28 heavy (non-hydrogen) atoms. The minimum atomic E-state index is -0.500. The fourth-order valence-corrected chi connectivity index (χ4v) is 3.48. The van der Waals surface area contributed by atoms with Gasteiger partial charge in [-0.3, -0.25) is 4.79 Å². The third-order valence-electron chi connectivity index (χ3n) is 4.12. The molecule has 1 atom stereocenters. The third-order valence-corrected chi connectivity index (χ3v) is 5.13. The number of rotatable bonds is 7. The zero-order valence-corrected chi connectivity index (χ0v) is 16.6. The van der Waals surface area contributed by atoms with Crippen LogP contribution in [-0.4, -0.2) is 42.4 Å². The van der Waals surface area contributed by atoms with E-state index in [0.29, 0.717) is 34.9 Å². The average molecular weight is 403 g/mol. The highest BCUT2D eigenvalue weighted by molar-refractivity contribution is 7.14. The number of hydrogen-bond donors (Lipinski definition) is 1. The first kappa shape index (κ1) is 19.8. The minimum absolute atomic E-state index is 0.348. The number of ether oxygens (including phenoxy) is 3. The summed E-state index contributed by atoms with van der Waals surface area (Å²) >= 11 is 1.01. The van der Waals surface area contributed by atoms with Crippen molar-refractivity contribution in [2.75, 3.05) is 27.4 Å². The topological polar surface area (TPSA) is 91.7 Å². The molecule has 2 aromatic heterocycles. The van der Waals surface area contributed by atoms with E-state index in [9.17, 15) is 9.59 Å². The molecule has 0 aliphatic rings. The molecule has 0 aliphatic heterocycles. The van der Waals surface area contributed by atoms with Gasteiger partial charge in [0.15, 0.2) is 11.5 Å². The van der Waals surface area contributed by atoms with E-state index in [1.807, 2.05) is 13.0 Å². The second kappa shape index (κ2) is 8.85. The molecule has 9 heteroatoms. The SMILES string of the molecule is COCCOc1ccc([C@H](C)NC(=O)n2sc3ncccc3c2=O)cc1OC. The van der Waals surface area contributed by atoms with Crippen molar-refractivity contribution in [3.63, 3.8) is 0 Å². The van der Waals surface area contributed by atoms with Crippen LogP contribution in [0.4, 0.5) is 4.79 Å². The van der Waals surface area contributed by atoms with E-state index >= 15 is 0 Å². The lowest BCUT2D eigenvalue weighted by molar-refractivity contribution is 0.144. The predicted octanol–water partition coefficient (Wildman–Crippen LogP) is 2.81. The maximum atomic E-state index is 12.6. The van der Waals surface area contributed by atoms with Gasteiger partial charge in [-0.15, -0.1) is 0 Å². The molecule has 0 bridgehead atoms. The Labute approximate surface area is 165 Å². The molecule has 3 aromatic rings. The number of methoxy groups -OCH3 is 2. The molecule has 1 N–H and O–H groups in total. The maximum Gasteiger partial charge on any atom is 0.338 e. The van der Waals surface area contributed by atoms with Gasteiger partial charge in [0, 0.05) is 13.3 Å². The van der Waals surface area contributed by atoms with Gasteiger partial charge in [-0.05, 0) is 48.3 Å². The molecule has 1 aromatic carbocycles. The molecule has 0 radical (unpaired) electrons. The van der Waals surface area contributed by atoms with Gasteiger partial charge in [0.25, 0.3) is 5.56 Å². The maximum absolute atomic E-state index is 12.6. The fourth-order valence-electron chi connectivity index (χ4n) is 2.63. The number of hydrogen-bond acceptors (Lipinski definition) is 7. The number of nitrogens with one attached hydrogen (secondary N) is 1. The molecule has 0 saturated carbocycles. The third kappa shape index (κ3) is 4.15. The first-order valence-electron chi connectivity index (χ1n) is 8.62. The average Bonchev–Trinajstić information content (AvgIpc) is 3.05. The van der Waals surface area contributed by atoms with Crippen molar-refractivity contribution >= 4 is 27.8 Å². The molecular weight excluding hydrogens is 382 g/mol. The predicted molar refractivity (Wildman–Crippen MR) is 107 cm³/mol. The first-order valence-corrected chi connectivity index (χ1v) is 9.40. The van der Waals surface area contributed by atoms with Gasteiger partial charge in [0.1, 0.15) is 11.4 Å². The fraction of sp³-hybridized carbons (Fsp3) is 0.316. The molecule has 8 nitrogen and oxygen atoms in total. The molecular formula is C19H21N3O5S. The van der Waals surface area contributed by atoms with Gasteiger partial charge in [0.2, 0.25) is 0 Å². The first-order chi connectivity index (χ1) is 13.5. The van der Waals surface area contributed by atoms with Gasteiger partial charge in [-0.2, -0.15) is 3.96 Å². The Balaban J connectivity index is 1.76. The molecule has 0 fully saturated rings. The molecule has 148 valence electrons. The Morgan fingerprint density at radius 1 is 1.25 bits per heavy atom. The number of nitrogens with zero attached hydrogens (tertiary/aromatic N) is 2. The lowest BCUT2D eigenvalue weighted by atomic mass is 10.1. The molecule has 3 rings (SSSR count). The van der Waals surface area contributed by atoms with E-state index in [2.05, 4.69) is 10.3 Å². The normalized spacial score (nSPS) is 12.0. The summed E-state index contributed by atoms with van der Waals surface area (Å²) in [5.41, 5.74) is 0.439. The summed E-state index contributed by atoms with van der Waals surface area (Å²) in [6.07, 6.45) is 1.59. The van der Waals surface area contributed by atoms with Crippen LogP contribution >= 0.6 is 11.5 Å². The number of amides is 1. The van der Waals surface area contributed by atoms with Crippen molar-refractivity contribution in [3.05, 3.63) is 52.4 Å². The van der Waals surface area contributed by atoms with Crippen molar-refractivity contribution in [1.29, 1.82) is 0 Å². The molecule has 0 spiro atoms. The summed E-state index contributed by atoms with van der Waals surface area (Å²) in [6.45, 7) is 2.70. The Hall–Kier alpha value is -2.91. The summed E-state index contributed by atoms with van der Waals surface area (Å²) in [4.78, 5) is 29.6. The van der Waals surface area contributed by atoms with E-state index in [1.54, 1.807) is 44.7 Å². The Morgan fingerprint density at radius 3 is 2.79 bits per heavy atom. The molecule has 0 saturated heterocycles. The van der Waals surface area contributed by atoms with Crippen molar-refractivity contribution < 1.29 is 19.0 Å². The number of benzene rings is 1. The summed E-state index contributed by atoms with van der Waals surface area (Å²) in [5, 5.41) is 3.25. The van der Waals surface area contributed by atoms with Gasteiger partial charge < -0.3 is 19.5 Å². The zero-order valence-electron chi connectivity index (χ0n) is 15.8. The van der Waals surface area contributed by atoms with Gasteiger partial charge >= 0.3 is 6.03 Å². The largest absolute Gasteiger partial charge is 0.493 e.